The van der Waals surface area contributed by atoms with Crippen LogP contribution >= 0.6 is 11.6 Å². The number of rotatable bonds is 2. The number of hydrogen-bond donors (Lipinski definition) is 0. The van der Waals surface area contributed by atoms with Crippen molar-refractivity contribution in [3.8, 4) is 0 Å². The van der Waals surface area contributed by atoms with E-state index in [1.54, 1.807) is 33.8 Å². The maximum absolute atomic E-state index is 12.0. The maximum atomic E-state index is 12.0. The predicted octanol–water partition coefficient (Wildman–Crippen LogP) is 1.98. The Balaban J connectivity index is 2.20. The van der Waals surface area contributed by atoms with Crippen LogP contribution in [0.5, 0.6) is 0 Å². The van der Waals surface area contributed by atoms with Crippen LogP contribution in [0.3, 0.4) is 0 Å². The summed E-state index contributed by atoms with van der Waals surface area (Å²) in [4.78, 5) is 12.0. The average Bonchev–Trinajstić information content (AvgIpc) is 2.58. The van der Waals surface area contributed by atoms with Gasteiger partial charge in [-0.25, -0.2) is 0 Å². The van der Waals surface area contributed by atoms with Crippen LogP contribution < -0.4 is 0 Å². The molecule has 2 rings (SSSR count). The van der Waals surface area contributed by atoms with Gasteiger partial charge in [0.1, 0.15) is 18.8 Å². The highest BCUT2D eigenvalue weighted by atomic mass is 35.5. The number of Topliss-reactive ketones (excluding diaryl/α,β-unsaturated/α-hetero) is 1. The van der Waals surface area contributed by atoms with Gasteiger partial charge >= 0.3 is 0 Å². The van der Waals surface area contributed by atoms with Gasteiger partial charge in [-0.1, -0.05) is 11.6 Å². The Morgan fingerprint density at radius 1 is 1.16 bits per heavy atom. The van der Waals surface area contributed by atoms with Gasteiger partial charge in [-0.2, -0.15) is 0 Å². The molecular weight excluding hydrogens is 272 g/mol. The zero-order valence-corrected chi connectivity index (χ0v) is 12.3. The first-order valence-corrected chi connectivity index (χ1v) is 6.65. The predicted molar refractivity (Wildman–Crippen MR) is 68.7 cm³/mol. The highest BCUT2D eigenvalue weighted by molar-refractivity contribution is 6.25. The number of ether oxygens (including phenoxy) is 4. The fourth-order valence-electron chi connectivity index (χ4n) is 2.25. The Kier molecular flexibility index (Phi) is 4.05. The SMILES string of the molecule is CC1(C)OCC(=O)[C@H]([C@@H]2OC(C)(C)O[C@@H]2/C=C/Cl)O1. The molecule has 108 valence electrons. The monoisotopic (exact) mass is 290 g/mol. The van der Waals surface area contributed by atoms with Crippen molar-refractivity contribution in [1.82, 2.24) is 0 Å². The molecule has 5 nitrogen and oxygen atoms in total. The molecule has 0 spiro atoms. The van der Waals surface area contributed by atoms with E-state index >= 15 is 0 Å². The van der Waals surface area contributed by atoms with Crippen LogP contribution in [-0.2, 0) is 23.7 Å². The average molecular weight is 291 g/mol. The molecule has 2 heterocycles. The van der Waals surface area contributed by atoms with E-state index in [1.807, 2.05) is 0 Å². The number of carbonyl (C=O) groups is 1. The minimum absolute atomic E-state index is 0.00919. The van der Waals surface area contributed by atoms with E-state index in [2.05, 4.69) is 0 Å². The molecule has 6 heteroatoms. The third kappa shape index (κ3) is 3.35. The van der Waals surface area contributed by atoms with Gasteiger partial charge in [-0.15, -0.1) is 0 Å². The summed E-state index contributed by atoms with van der Waals surface area (Å²) in [5.41, 5.74) is 1.36. The van der Waals surface area contributed by atoms with Crippen molar-refractivity contribution in [2.45, 2.75) is 57.6 Å². The fraction of sp³-hybridized carbons (Fsp3) is 0.769. The standard InChI is InChI=1S/C13H19ClO5/c1-12(2)16-7-8(15)10(18-12)11-9(5-6-14)17-13(3,4)19-11/h5-6,9-11H,7H2,1-4H3/b6-5+/t9-,10-,11-/m1/s1. The fourth-order valence-corrected chi connectivity index (χ4v) is 2.40. The zero-order valence-electron chi connectivity index (χ0n) is 11.5. The number of carbonyl (C=O) groups excluding carboxylic acids is 1. The zero-order chi connectivity index (χ0) is 14.3. The molecule has 0 radical (unpaired) electrons. The summed E-state index contributed by atoms with van der Waals surface area (Å²) in [6.45, 7) is 7.11. The van der Waals surface area contributed by atoms with E-state index in [9.17, 15) is 4.79 Å². The lowest BCUT2D eigenvalue weighted by Crippen LogP contribution is -2.53. The summed E-state index contributed by atoms with van der Waals surface area (Å²) >= 11 is 5.60. The summed E-state index contributed by atoms with van der Waals surface area (Å²) in [5, 5.41) is 0. The lowest BCUT2D eigenvalue weighted by atomic mass is 10.0. The molecular formula is C13H19ClO5. The smallest absolute Gasteiger partial charge is 0.190 e. The maximum Gasteiger partial charge on any atom is 0.190 e. The van der Waals surface area contributed by atoms with Gasteiger partial charge in [0.15, 0.2) is 23.5 Å². The molecule has 0 N–H and O–H groups in total. The van der Waals surface area contributed by atoms with E-state index in [4.69, 9.17) is 30.5 Å². The second-order valence-electron chi connectivity index (χ2n) is 5.58. The van der Waals surface area contributed by atoms with E-state index < -0.39 is 29.9 Å². The normalized spacial score (nSPS) is 37.9. The third-order valence-electron chi connectivity index (χ3n) is 3.01. The van der Waals surface area contributed by atoms with Crippen LogP contribution in [-0.4, -0.2) is 42.3 Å². The number of halogens is 1. The summed E-state index contributed by atoms with van der Waals surface area (Å²) in [6.07, 6.45) is -0.0144. The van der Waals surface area contributed by atoms with Gasteiger partial charge in [-0.3, -0.25) is 4.79 Å². The van der Waals surface area contributed by atoms with Crippen molar-refractivity contribution in [2.24, 2.45) is 0 Å². The molecule has 0 amide bonds. The molecule has 0 aromatic carbocycles. The Hall–Kier alpha value is -0.460. The topological polar surface area (TPSA) is 54.0 Å². The summed E-state index contributed by atoms with van der Waals surface area (Å²) in [6, 6.07) is 0. The summed E-state index contributed by atoms with van der Waals surface area (Å²) in [7, 11) is 0. The van der Waals surface area contributed by atoms with Gasteiger partial charge in [0.2, 0.25) is 0 Å². The lowest BCUT2D eigenvalue weighted by molar-refractivity contribution is -0.275. The van der Waals surface area contributed by atoms with Crippen molar-refractivity contribution in [3.63, 3.8) is 0 Å². The Morgan fingerprint density at radius 2 is 1.84 bits per heavy atom. The van der Waals surface area contributed by atoms with Crippen LogP contribution in [0.1, 0.15) is 27.7 Å². The Labute approximate surface area is 117 Å². The van der Waals surface area contributed by atoms with Gasteiger partial charge in [0, 0.05) is 5.54 Å². The molecule has 0 aromatic rings. The quantitative estimate of drug-likeness (QED) is 0.778. The molecule has 0 unspecified atom stereocenters. The van der Waals surface area contributed by atoms with Gasteiger partial charge < -0.3 is 18.9 Å². The summed E-state index contributed by atoms with van der Waals surface area (Å²) < 4.78 is 22.5. The van der Waals surface area contributed by atoms with E-state index in [-0.39, 0.29) is 12.4 Å². The van der Waals surface area contributed by atoms with Crippen LogP contribution in [0, 0.1) is 0 Å². The van der Waals surface area contributed by atoms with E-state index in [0.29, 0.717) is 0 Å². The molecule has 0 saturated carbocycles. The van der Waals surface area contributed by atoms with Gasteiger partial charge in [-0.05, 0) is 33.8 Å². The first-order valence-electron chi connectivity index (χ1n) is 6.21. The molecule has 2 saturated heterocycles. The van der Waals surface area contributed by atoms with Crippen molar-refractivity contribution in [1.29, 1.82) is 0 Å². The third-order valence-corrected chi connectivity index (χ3v) is 3.16. The van der Waals surface area contributed by atoms with Gasteiger partial charge in [0.25, 0.3) is 0 Å². The Morgan fingerprint density at radius 3 is 2.47 bits per heavy atom. The molecule has 0 aliphatic carbocycles. The molecule has 2 aliphatic rings. The van der Waals surface area contributed by atoms with Gasteiger partial charge in [0.05, 0.1) is 0 Å². The number of ketones is 1. The van der Waals surface area contributed by atoms with Crippen LogP contribution in [0.15, 0.2) is 11.6 Å². The molecule has 0 bridgehead atoms. The van der Waals surface area contributed by atoms with Crippen molar-refractivity contribution in [2.75, 3.05) is 6.61 Å². The highest BCUT2D eigenvalue weighted by Crippen LogP contribution is 2.35. The molecule has 19 heavy (non-hydrogen) atoms. The van der Waals surface area contributed by atoms with Crippen LogP contribution in [0.2, 0.25) is 0 Å². The van der Waals surface area contributed by atoms with E-state index in [0.717, 1.165) is 0 Å². The van der Waals surface area contributed by atoms with Crippen LogP contribution in [0.4, 0.5) is 0 Å². The summed E-state index contributed by atoms with van der Waals surface area (Å²) in [5.74, 6) is -1.75. The second kappa shape index (κ2) is 5.14. The second-order valence-corrected chi connectivity index (χ2v) is 5.83. The van der Waals surface area contributed by atoms with E-state index in [1.165, 1.54) is 5.54 Å². The largest absolute Gasteiger partial charge is 0.343 e. The minimum Gasteiger partial charge on any atom is -0.343 e. The molecule has 0 aromatic heterocycles. The molecule has 3 atom stereocenters. The molecule has 2 aliphatic heterocycles. The lowest BCUT2D eigenvalue weighted by Gasteiger charge is -2.37. The minimum atomic E-state index is -0.816. The highest BCUT2D eigenvalue weighted by Gasteiger charge is 2.50. The first-order chi connectivity index (χ1) is 8.74. The van der Waals surface area contributed by atoms with Crippen molar-refractivity contribution in [3.05, 3.63) is 11.6 Å². The van der Waals surface area contributed by atoms with Crippen LogP contribution in [0.25, 0.3) is 0 Å². The first kappa shape index (κ1) is 14.9. The Bertz CT molecular complexity index is 390. The molecule has 2 fully saturated rings. The van der Waals surface area contributed by atoms with Crippen molar-refractivity contribution < 1.29 is 23.7 Å². The van der Waals surface area contributed by atoms with Crippen molar-refractivity contribution >= 4 is 17.4 Å². The number of hydrogen-bond acceptors (Lipinski definition) is 5.